The Kier molecular flexibility index (Phi) is 4.36. The van der Waals surface area contributed by atoms with Gasteiger partial charge in [-0.2, -0.15) is 0 Å². The molecule has 0 aliphatic rings. The van der Waals surface area contributed by atoms with E-state index in [9.17, 15) is 4.39 Å². The maximum absolute atomic E-state index is 14.0. The van der Waals surface area contributed by atoms with Crippen LogP contribution in [0.4, 0.5) is 4.39 Å². The van der Waals surface area contributed by atoms with E-state index in [0.29, 0.717) is 35.1 Å². The van der Waals surface area contributed by atoms with Crippen LogP contribution < -0.4 is 4.74 Å². The minimum Gasteiger partial charge on any atom is -0.479 e. The fraction of sp³-hybridized carbons (Fsp3) is 0.100. The number of rotatable bonds is 5. The quantitative estimate of drug-likeness (QED) is 0.446. The number of ether oxygens (including phenoxy) is 1. The second kappa shape index (κ2) is 7.32. The summed E-state index contributed by atoms with van der Waals surface area (Å²) in [6.07, 6.45) is 9.96. The highest BCUT2D eigenvalue weighted by molar-refractivity contribution is 5.93. The summed E-state index contributed by atoms with van der Waals surface area (Å²) >= 11 is 0. The molecule has 0 aliphatic heterocycles. The normalized spacial score (nSPS) is 11.1. The third kappa shape index (κ3) is 3.04. The Hall–Kier alpha value is -4.21. The Bertz CT molecular complexity index is 1350. The van der Waals surface area contributed by atoms with Crippen LogP contribution in [0.1, 0.15) is 5.69 Å². The van der Waals surface area contributed by atoms with Crippen molar-refractivity contribution in [2.75, 3.05) is 7.11 Å². The zero-order valence-electron chi connectivity index (χ0n) is 15.8. The van der Waals surface area contributed by atoms with Gasteiger partial charge in [0.15, 0.2) is 0 Å². The van der Waals surface area contributed by atoms with E-state index in [4.69, 9.17) is 4.74 Å². The minimum atomic E-state index is -0.370. The summed E-state index contributed by atoms with van der Waals surface area (Å²) < 4.78 is 22.7. The lowest BCUT2D eigenvalue weighted by Gasteiger charge is -2.04. The number of benzene rings is 1. The van der Waals surface area contributed by atoms with Gasteiger partial charge in [-0.1, -0.05) is 17.3 Å². The fourth-order valence-electron chi connectivity index (χ4n) is 3.30. The van der Waals surface area contributed by atoms with Crippen LogP contribution in [0.15, 0.2) is 61.6 Å². The topological polar surface area (TPSA) is 96.4 Å². The van der Waals surface area contributed by atoms with E-state index in [-0.39, 0.29) is 5.82 Å². The summed E-state index contributed by atoms with van der Waals surface area (Å²) in [7, 11) is 1.55. The number of para-hydroxylation sites is 1. The van der Waals surface area contributed by atoms with Crippen LogP contribution in [0.5, 0.6) is 5.88 Å². The van der Waals surface area contributed by atoms with E-state index in [1.165, 1.54) is 17.1 Å². The number of aromatic nitrogens is 8. The predicted octanol–water partition coefficient (Wildman–Crippen LogP) is 2.67. The number of hydrogen-bond donors (Lipinski definition) is 0. The highest BCUT2D eigenvalue weighted by Gasteiger charge is 2.18. The third-order valence-electron chi connectivity index (χ3n) is 4.62. The van der Waals surface area contributed by atoms with Gasteiger partial charge < -0.3 is 9.30 Å². The molecule has 5 aromatic rings. The maximum Gasteiger partial charge on any atom is 0.240 e. The Labute approximate surface area is 169 Å². The molecule has 5 rings (SSSR count). The van der Waals surface area contributed by atoms with E-state index >= 15 is 0 Å². The zero-order valence-corrected chi connectivity index (χ0v) is 15.8. The van der Waals surface area contributed by atoms with Crippen LogP contribution >= 0.6 is 0 Å². The third-order valence-corrected chi connectivity index (χ3v) is 4.62. The Morgan fingerprint density at radius 3 is 2.80 bits per heavy atom. The van der Waals surface area contributed by atoms with Crippen LogP contribution in [-0.2, 0) is 6.54 Å². The van der Waals surface area contributed by atoms with Crippen molar-refractivity contribution in [1.82, 2.24) is 39.5 Å². The van der Waals surface area contributed by atoms with E-state index in [2.05, 4.69) is 30.2 Å². The number of fused-ring (bicyclic) bond motifs is 1. The molecule has 4 aromatic heterocycles. The molecule has 9 nitrogen and oxygen atoms in total. The van der Waals surface area contributed by atoms with Crippen molar-refractivity contribution in [2.45, 2.75) is 6.54 Å². The predicted molar refractivity (Wildman–Crippen MR) is 106 cm³/mol. The molecule has 10 heteroatoms. The highest BCUT2D eigenvalue weighted by atomic mass is 19.1. The number of methoxy groups -OCH3 is 1. The fourth-order valence-corrected chi connectivity index (χ4v) is 3.30. The average molecular weight is 402 g/mol. The lowest BCUT2D eigenvalue weighted by atomic mass is 10.2. The lowest BCUT2D eigenvalue weighted by Crippen LogP contribution is -2.00. The van der Waals surface area contributed by atoms with Gasteiger partial charge in [-0.05, 0) is 12.1 Å². The molecular weight excluding hydrogens is 387 g/mol. The van der Waals surface area contributed by atoms with Gasteiger partial charge in [-0.15, -0.1) is 5.10 Å². The molecule has 0 aliphatic carbocycles. The van der Waals surface area contributed by atoms with Crippen molar-refractivity contribution in [3.63, 3.8) is 0 Å². The molecule has 30 heavy (non-hydrogen) atoms. The minimum absolute atomic E-state index is 0.334. The molecule has 1 aromatic carbocycles. The first-order chi connectivity index (χ1) is 14.7. The lowest BCUT2D eigenvalue weighted by molar-refractivity contribution is 0.398. The Morgan fingerprint density at radius 1 is 1.07 bits per heavy atom. The molecule has 0 saturated heterocycles. The van der Waals surface area contributed by atoms with Gasteiger partial charge in [0.2, 0.25) is 5.88 Å². The van der Waals surface area contributed by atoms with Crippen LogP contribution in [-0.4, -0.2) is 46.6 Å². The second-order valence-corrected chi connectivity index (χ2v) is 6.45. The van der Waals surface area contributed by atoms with Gasteiger partial charge >= 0.3 is 0 Å². The molecule has 148 valence electrons. The van der Waals surface area contributed by atoms with Gasteiger partial charge in [0.25, 0.3) is 0 Å². The monoisotopic (exact) mass is 402 g/mol. The summed E-state index contributed by atoms with van der Waals surface area (Å²) in [6, 6.07) is 6.40. The highest BCUT2D eigenvalue weighted by Crippen LogP contribution is 2.32. The first-order valence-electron chi connectivity index (χ1n) is 9.05. The molecule has 0 fully saturated rings. The maximum atomic E-state index is 14.0. The molecule has 0 spiro atoms. The standard InChI is InChI=1S/C20H15FN8O/c1-30-20-18(23-6-7-24-20)15-11-28(19-14(15)8-22-12-25-19)9-13-10-29(27-26-13)17-5-3-2-4-16(17)21/h2-8,10-12H,9H2,1H3. The first-order valence-corrected chi connectivity index (χ1v) is 9.05. The summed E-state index contributed by atoms with van der Waals surface area (Å²) in [5, 5.41) is 9.04. The molecule has 0 radical (unpaired) electrons. The largest absolute Gasteiger partial charge is 0.479 e. The van der Waals surface area contributed by atoms with Crippen molar-refractivity contribution in [2.24, 2.45) is 0 Å². The van der Waals surface area contributed by atoms with Crippen LogP contribution in [0, 0.1) is 5.82 Å². The van der Waals surface area contributed by atoms with Crippen molar-refractivity contribution < 1.29 is 9.13 Å². The molecule has 0 N–H and O–H groups in total. The van der Waals surface area contributed by atoms with Gasteiger partial charge in [0.1, 0.15) is 34.9 Å². The van der Waals surface area contributed by atoms with Crippen molar-refractivity contribution in [3.8, 4) is 22.8 Å². The Balaban J connectivity index is 1.56. The Morgan fingerprint density at radius 2 is 1.93 bits per heavy atom. The van der Waals surface area contributed by atoms with Crippen LogP contribution in [0.2, 0.25) is 0 Å². The number of hydrogen-bond acceptors (Lipinski definition) is 7. The van der Waals surface area contributed by atoms with Crippen molar-refractivity contribution >= 4 is 11.0 Å². The molecule has 0 amide bonds. The molecule has 4 heterocycles. The van der Waals surface area contributed by atoms with E-state index in [1.54, 1.807) is 50.1 Å². The molecular formula is C20H15FN8O. The molecule has 0 saturated carbocycles. The second-order valence-electron chi connectivity index (χ2n) is 6.45. The molecule has 0 unspecified atom stereocenters. The summed E-state index contributed by atoms with van der Waals surface area (Å²) in [4.78, 5) is 17.2. The summed E-state index contributed by atoms with van der Waals surface area (Å²) in [6.45, 7) is 0.380. The van der Waals surface area contributed by atoms with Crippen LogP contribution in [0.25, 0.3) is 28.0 Å². The van der Waals surface area contributed by atoms with Crippen LogP contribution in [0.3, 0.4) is 0 Å². The number of nitrogens with zero attached hydrogens (tertiary/aromatic N) is 8. The SMILES string of the molecule is COc1nccnc1-c1cn(Cc2cn(-c3ccccc3F)nn2)c2ncncc12. The van der Waals surface area contributed by atoms with Gasteiger partial charge in [0.05, 0.1) is 19.9 Å². The zero-order chi connectivity index (χ0) is 20.5. The van der Waals surface area contributed by atoms with Gasteiger partial charge in [-0.25, -0.2) is 29.0 Å². The van der Waals surface area contributed by atoms with E-state index < -0.39 is 0 Å². The van der Waals surface area contributed by atoms with E-state index in [0.717, 1.165) is 10.9 Å². The van der Waals surface area contributed by atoms with Gasteiger partial charge in [-0.3, -0.25) is 0 Å². The summed E-state index contributed by atoms with van der Waals surface area (Å²) in [5.74, 6) is 0.0380. The average Bonchev–Trinajstić information content (AvgIpc) is 3.39. The van der Waals surface area contributed by atoms with E-state index in [1.807, 2.05) is 10.8 Å². The number of halogens is 1. The first kappa shape index (κ1) is 17.9. The summed E-state index contributed by atoms with van der Waals surface area (Å²) in [5.41, 5.74) is 3.06. The van der Waals surface area contributed by atoms with Crippen molar-refractivity contribution in [3.05, 3.63) is 73.1 Å². The molecule has 0 bridgehead atoms. The van der Waals surface area contributed by atoms with Crippen molar-refractivity contribution in [1.29, 1.82) is 0 Å². The molecule has 0 atom stereocenters. The smallest absolute Gasteiger partial charge is 0.240 e. The van der Waals surface area contributed by atoms with Gasteiger partial charge in [0, 0.05) is 35.7 Å².